The molecule has 0 bridgehead atoms. The first kappa shape index (κ1) is 17.2. The van der Waals surface area contributed by atoms with Crippen molar-refractivity contribution in [1.82, 2.24) is 10.2 Å². The number of carbonyl (C=O) groups is 1. The Balaban J connectivity index is 1.72. The first-order valence-corrected chi connectivity index (χ1v) is 9.14. The largest absolute Gasteiger partial charge is 0.411 e. The third-order valence-corrected chi connectivity index (χ3v) is 4.93. The lowest BCUT2D eigenvalue weighted by atomic mass is 10.1. The van der Waals surface area contributed by atoms with Crippen LogP contribution in [0, 0.1) is 0 Å². The highest BCUT2D eigenvalue weighted by atomic mass is 79.9. The molecule has 0 saturated carbocycles. The molecule has 122 valence electrons. The van der Waals surface area contributed by atoms with E-state index in [4.69, 9.17) is 16.0 Å². The first-order valence-electron chi connectivity index (χ1n) is 7.09. The van der Waals surface area contributed by atoms with Gasteiger partial charge in [-0.1, -0.05) is 45.4 Å². The summed E-state index contributed by atoms with van der Waals surface area (Å²) in [5.41, 5.74) is 1.42. The van der Waals surface area contributed by atoms with Gasteiger partial charge >= 0.3 is 0 Å². The number of Topliss-reactive ketones (excluding diaryl/α,β-unsaturated/α-hetero) is 1. The summed E-state index contributed by atoms with van der Waals surface area (Å²) in [6.45, 7) is 1.81. The van der Waals surface area contributed by atoms with Gasteiger partial charge in [0.1, 0.15) is 0 Å². The molecule has 3 rings (SSSR count). The molecule has 0 radical (unpaired) electrons. The molecule has 0 N–H and O–H groups in total. The number of hydrogen-bond donors (Lipinski definition) is 0. The Labute approximate surface area is 156 Å². The molecular weight excluding hydrogens is 412 g/mol. The van der Waals surface area contributed by atoms with E-state index in [2.05, 4.69) is 26.1 Å². The van der Waals surface area contributed by atoms with E-state index in [0.717, 1.165) is 10.0 Å². The maximum absolute atomic E-state index is 12.4. The summed E-state index contributed by atoms with van der Waals surface area (Å²) in [6.07, 6.45) is 0. The Morgan fingerprint density at radius 1 is 1.21 bits per heavy atom. The smallest absolute Gasteiger partial charge is 0.277 e. The molecule has 0 aliphatic heterocycles. The molecule has 3 aromatic rings. The highest BCUT2D eigenvalue weighted by molar-refractivity contribution is 9.10. The molecular formula is C17H12BrClN2O2S. The van der Waals surface area contributed by atoms with Gasteiger partial charge in [0.25, 0.3) is 5.22 Å². The van der Waals surface area contributed by atoms with E-state index in [1.807, 2.05) is 31.2 Å². The Hall–Kier alpha value is -1.63. The van der Waals surface area contributed by atoms with E-state index in [0.29, 0.717) is 21.7 Å². The maximum Gasteiger partial charge on any atom is 0.277 e. The second kappa shape index (κ2) is 7.51. The average Bonchev–Trinajstić information content (AvgIpc) is 3.03. The summed E-state index contributed by atoms with van der Waals surface area (Å²) in [6, 6.07) is 14.4. The van der Waals surface area contributed by atoms with E-state index >= 15 is 0 Å². The molecule has 0 unspecified atom stereocenters. The van der Waals surface area contributed by atoms with Crippen LogP contribution in [0.4, 0.5) is 0 Å². The van der Waals surface area contributed by atoms with Crippen molar-refractivity contribution in [1.29, 1.82) is 0 Å². The normalized spacial score (nSPS) is 12.1. The van der Waals surface area contributed by atoms with Gasteiger partial charge in [-0.05, 0) is 49.4 Å². The Morgan fingerprint density at radius 3 is 2.67 bits per heavy atom. The molecule has 0 saturated heterocycles. The van der Waals surface area contributed by atoms with Crippen LogP contribution in [0.5, 0.6) is 0 Å². The molecule has 2 aromatic carbocycles. The van der Waals surface area contributed by atoms with Crippen molar-refractivity contribution in [3.05, 3.63) is 63.6 Å². The molecule has 0 aliphatic rings. The van der Waals surface area contributed by atoms with E-state index in [1.165, 1.54) is 11.8 Å². The van der Waals surface area contributed by atoms with Gasteiger partial charge in [-0.3, -0.25) is 4.79 Å². The quantitative estimate of drug-likeness (QED) is 0.400. The molecule has 1 heterocycles. The lowest BCUT2D eigenvalue weighted by Crippen LogP contribution is -2.13. The molecule has 4 nitrogen and oxygen atoms in total. The zero-order valence-electron chi connectivity index (χ0n) is 12.6. The van der Waals surface area contributed by atoms with Gasteiger partial charge in [0.2, 0.25) is 5.89 Å². The van der Waals surface area contributed by atoms with E-state index < -0.39 is 0 Å². The van der Waals surface area contributed by atoms with Crippen LogP contribution in [0.2, 0.25) is 5.02 Å². The monoisotopic (exact) mass is 422 g/mol. The first-order chi connectivity index (χ1) is 11.5. The Kier molecular flexibility index (Phi) is 5.38. The lowest BCUT2D eigenvalue weighted by Gasteiger charge is -2.07. The van der Waals surface area contributed by atoms with Crippen molar-refractivity contribution < 1.29 is 9.21 Å². The van der Waals surface area contributed by atoms with Crippen LogP contribution in [0.1, 0.15) is 17.3 Å². The Morgan fingerprint density at radius 2 is 1.96 bits per heavy atom. The summed E-state index contributed by atoms with van der Waals surface area (Å²) in [7, 11) is 0. The topological polar surface area (TPSA) is 56.0 Å². The predicted molar refractivity (Wildman–Crippen MR) is 98.5 cm³/mol. The molecule has 0 spiro atoms. The van der Waals surface area contributed by atoms with Crippen LogP contribution >= 0.6 is 39.3 Å². The molecule has 0 aliphatic carbocycles. The van der Waals surface area contributed by atoms with Crippen molar-refractivity contribution in [2.75, 3.05) is 0 Å². The fourth-order valence-electron chi connectivity index (χ4n) is 2.05. The molecule has 1 atom stereocenters. The summed E-state index contributed by atoms with van der Waals surface area (Å²) in [5, 5.41) is 8.66. The number of rotatable bonds is 5. The zero-order valence-corrected chi connectivity index (χ0v) is 15.7. The van der Waals surface area contributed by atoms with Crippen molar-refractivity contribution in [3.8, 4) is 11.5 Å². The maximum atomic E-state index is 12.4. The highest BCUT2D eigenvalue weighted by Crippen LogP contribution is 2.28. The fraction of sp³-hybridized carbons (Fsp3) is 0.118. The number of ketones is 1. The van der Waals surface area contributed by atoms with Crippen LogP contribution in [-0.2, 0) is 0 Å². The second-order valence-electron chi connectivity index (χ2n) is 5.01. The van der Waals surface area contributed by atoms with E-state index in [1.54, 1.807) is 24.3 Å². The molecule has 0 amide bonds. The summed E-state index contributed by atoms with van der Waals surface area (Å²) < 4.78 is 6.58. The number of carbonyl (C=O) groups excluding carboxylic acids is 1. The number of nitrogens with zero attached hydrogens (tertiary/aromatic N) is 2. The van der Waals surface area contributed by atoms with Crippen molar-refractivity contribution >= 4 is 45.1 Å². The fourth-order valence-corrected chi connectivity index (χ4v) is 3.33. The van der Waals surface area contributed by atoms with Gasteiger partial charge < -0.3 is 4.42 Å². The van der Waals surface area contributed by atoms with Crippen LogP contribution in [0.3, 0.4) is 0 Å². The van der Waals surface area contributed by atoms with Crippen LogP contribution < -0.4 is 0 Å². The second-order valence-corrected chi connectivity index (χ2v) is 7.66. The van der Waals surface area contributed by atoms with Crippen molar-refractivity contribution in [2.45, 2.75) is 17.4 Å². The number of aromatic nitrogens is 2. The number of benzene rings is 2. The number of hydrogen-bond acceptors (Lipinski definition) is 5. The minimum atomic E-state index is -0.345. The number of thioether (sulfide) groups is 1. The van der Waals surface area contributed by atoms with Gasteiger partial charge in [0, 0.05) is 20.6 Å². The van der Waals surface area contributed by atoms with Crippen molar-refractivity contribution in [3.63, 3.8) is 0 Å². The van der Waals surface area contributed by atoms with Crippen molar-refractivity contribution in [2.24, 2.45) is 0 Å². The van der Waals surface area contributed by atoms with Gasteiger partial charge in [0.15, 0.2) is 5.78 Å². The van der Waals surface area contributed by atoms with Crippen LogP contribution in [-0.4, -0.2) is 21.2 Å². The SMILES string of the molecule is C[C@H](Sc1nnc(-c2cccc(Br)c2)o1)C(=O)c1ccc(Cl)cc1. The predicted octanol–water partition coefficient (Wildman–Crippen LogP) is 5.52. The number of halogens is 2. The minimum Gasteiger partial charge on any atom is -0.411 e. The van der Waals surface area contributed by atoms with E-state index in [-0.39, 0.29) is 11.0 Å². The van der Waals surface area contributed by atoms with Gasteiger partial charge in [-0.25, -0.2) is 0 Å². The van der Waals surface area contributed by atoms with Crippen LogP contribution in [0.25, 0.3) is 11.5 Å². The highest BCUT2D eigenvalue weighted by Gasteiger charge is 2.20. The summed E-state index contributed by atoms with van der Waals surface area (Å²) in [5.74, 6) is 0.406. The average molecular weight is 424 g/mol. The summed E-state index contributed by atoms with van der Waals surface area (Å²) in [4.78, 5) is 12.4. The third-order valence-electron chi connectivity index (χ3n) is 3.25. The molecule has 1 aromatic heterocycles. The van der Waals surface area contributed by atoms with Crippen LogP contribution in [0.15, 0.2) is 62.6 Å². The Bertz CT molecular complexity index is 867. The molecule has 24 heavy (non-hydrogen) atoms. The van der Waals surface area contributed by atoms with Gasteiger partial charge in [0.05, 0.1) is 5.25 Å². The minimum absolute atomic E-state index is 0.0149. The van der Waals surface area contributed by atoms with E-state index in [9.17, 15) is 4.79 Å². The zero-order chi connectivity index (χ0) is 17.1. The standard InChI is InChI=1S/C17H12BrClN2O2S/c1-10(15(22)11-5-7-14(19)8-6-11)24-17-21-20-16(23-17)12-3-2-4-13(18)9-12/h2-10H,1H3/t10-/m0/s1. The van der Waals surface area contributed by atoms with Gasteiger partial charge in [-0.15, -0.1) is 10.2 Å². The van der Waals surface area contributed by atoms with Gasteiger partial charge in [-0.2, -0.15) is 0 Å². The summed E-state index contributed by atoms with van der Waals surface area (Å²) >= 11 is 10.5. The lowest BCUT2D eigenvalue weighted by molar-refractivity contribution is 0.0993. The third kappa shape index (κ3) is 4.06. The molecule has 7 heteroatoms. The molecule has 0 fully saturated rings.